The Labute approximate surface area is 137 Å². The van der Waals surface area contributed by atoms with Gasteiger partial charge < -0.3 is 10.6 Å². The summed E-state index contributed by atoms with van der Waals surface area (Å²) in [5.41, 5.74) is 7.53. The van der Waals surface area contributed by atoms with E-state index in [-0.39, 0.29) is 6.04 Å². The fourth-order valence-corrected chi connectivity index (χ4v) is 3.47. The second-order valence-corrected chi connectivity index (χ2v) is 7.05. The number of hydrogen-bond acceptors (Lipinski definition) is 3. The maximum atomic E-state index is 6.30. The molecule has 0 radical (unpaired) electrons. The van der Waals surface area contributed by atoms with E-state index in [0.717, 1.165) is 23.5 Å². The van der Waals surface area contributed by atoms with Crippen LogP contribution in [0.4, 0.5) is 0 Å². The summed E-state index contributed by atoms with van der Waals surface area (Å²) in [4.78, 5) is 5.04. The highest BCUT2D eigenvalue weighted by molar-refractivity contribution is 9.10. The summed E-state index contributed by atoms with van der Waals surface area (Å²) in [6.07, 6.45) is 3.71. The van der Waals surface area contributed by atoms with Gasteiger partial charge in [-0.3, -0.25) is 4.90 Å². The first-order valence-corrected chi connectivity index (χ1v) is 8.83. The van der Waals surface area contributed by atoms with Crippen LogP contribution in [0, 0.1) is 0 Å². The number of nitrogens with zero attached hydrogens (tertiary/aromatic N) is 2. The van der Waals surface area contributed by atoms with Crippen LogP contribution in [0.5, 0.6) is 0 Å². The number of benzene rings is 1. The first-order chi connectivity index (χ1) is 10.1. The molecule has 2 atom stereocenters. The largest absolute Gasteiger partial charge is 0.324 e. The zero-order valence-electron chi connectivity index (χ0n) is 13.3. The predicted octanol–water partition coefficient (Wildman–Crippen LogP) is 3.26. The summed E-state index contributed by atoms with van der Waals surface area (Å²) >= 11 is 3.46. The van der Waals surface area contributed by atoms with E-state index in [9.17, 15) is 0 Å². The highest BCUT2D eigenvalue weighted by Gasteiger charge is 2.23. The average molecular weight is 354 g/mol. The van der Waals surface area contributed by atoms with Gasteiger partial charge in [0.15, 0.2) is 0 Å². The maximum absolute atomic E-state index is 6.30. The van der Waals surface area contributed by atoms with Crippen molar-refractivity contribution in [3.05, 3.63) is 34.3 Å². The SMILES string of the molecule is CCN1CCCC1CN(C)CCC(N)c1ccc(Br)cc1. The number of nitrogens with two attached hydrogens (primary N) is 1. The summed E-state index contributed by atoms with van der Waals surface area (Å²) in [6.45, 7) is 6.94. The van der Waals surface area contributed by atoms with Crippen molar-refractivity contribution < 1.29 is 0 Å². The first-order valence-electron chi connectivity index (χ1n) is 8.03. The van der Waals surface area contributed by atoms with Crippen LogP contribution in [0.2, 0.25) is 0 Å². The van der Waals surface area contributed by atoms with Crippen molar-refractivity contribution in [1.82, 2.24) is 9.80 Å². The minimum atomic E-state index is 0.131. The third-order valence-corrected chi connectivity index (χ3v) is 5.08. The molecule has 2 N–H and O–H groups in total. The third kappa shape index (κ3) is 5.06. The maximum Gasteiger partial charge on any atom is 0.0307 e. The molecule has 2 rings (SSSR count). The number of halogens is 1. The fraction of sp³-hybridized carbons (Fsp3) is 0.647. The van der Waals surface area contributed by atoms with Crippen molar-refractivity contribution in [3.63, 3.8) is 0 Å². The third-order valence-electron chi connectivity index (χ3n) is 4.55. The smallest absolute Gasteiger partial charge is 0.0307 e. The van der Waals surface area contributed by atoms with E-state index < -0.39 is 0 Å². The van der Waals surface area contributed by atoms with E-state index in [4.69, 9.17) is 5.73 Å². The van der Waals surface area contributed by atoms with Crippen LogP contribution in [-0.4, -0.2) is 49.1 Å². The van der Waals surface area contributed by atoms with E-state index >= 15 is 0 Å². The van der Waals surface area contributed by atoms with Gasteiger partial charge in [0.05, 0.1) is 0 Å². The molecular weight excluding hydrogens is 326 g/mol. The lowest BCUT2D eigenvalue weighted by molar-refractivity contribution is 0.195. The molecule has 2 unspecified atom stereocenters. The van der Waals surface area contributed by atoms with Crippen molar-refractivity contribution in [1.29, 1.82) is 0 Å². The van der Waals surface area contributed by atoms with Gasteiger partial charge in [0.1, 0.15) is 0 Å². The van der Waals surface area contributed by atoms with Crippen LogP contribution >= 0.6 is 15.9 Å². The molecule has 1 saturated heterocycles. The van der Waals surface area contributed by atoms with Crippen molar-refractivity contribution in [2.75, 3.05) is 33.2 Å². The van der Waals surface area contributed by atoms with Crippen LogP contribution in [0.15, 0.2) is 28.7 Å². The van der Waals surface area contributed by atoms with Gasteiger partial charge in [0, 0.05) is 23.1 Å². The van der Waals surface area contributed by atoms with Gasteiger partial charge in [-0.2, -0.15) is 0 Å². The molecule has 118 valence electrons. The molecule has 1 aromatic rings. The Morgan fingerprint density at radius 3 is 2.76 bits per heavy atom. The second kappa shape index (κ2) is 8.28. The van der Waals surface area contributed by atoms with E-state index in [1.54, 1.807) is 0 Å². The Morgan fingerprint density at radius 2 is 2.10 bits per heavy atom. The Morgan fingerprint density at radius 1 is 1.38 bits per heavy atom. The van der Waals surface area contributed by atoms with Crippen molar-refractivity contribution in [2.45, 2.75) is 38.3 Å². The lowest BCUT2D eigenvalue weighted by atomic mass is 10.0. The molecule has 0 amide bonds. The summed E-state index contributed by atoms with van der Waals surface area (Å²) in [7, 11) is 2.22. The molecule has 4 heteroatoms. The molecule has 21 heavy (non-hydrogen) atoms. The highest BCUT2D eigenvalue weighted by atomic mass is 79.9. The standard InChI is InChI=1S/C17H28BrN3/c1-3-21-11-4-5-16(21)13-20(2)12-10-17(19)14-6-8-15(18)9-7-14/h6-9,16-17H,3-5,10-13,19H2,1-2H3. The molecule has 1 heterocycles. The summed E-state index contributed by atoms with van der Waals surface area (Å²) in [5.74, 6) is 0. The van der Waals surface area contributed by atoms with Crippen molar-refractivity contribution >= 4 is 15.9 Å². The molecule has 0 bridgehead atoms. The Kier molecular flexibility index (Phi) is 6.68. The fourth-order valence-electron chi connectivity index (χ4n) is 3.21. The lowest BCUT2D eigenvalue weighted by Crippen LogP contribution is -2.39. The molecule has 0 aliphatic carbocycles. The van der Waals surface area contributed by atoms with Crippen LogP contribution in [-0.2, 0) is 0 Å². The van der Waals surface area contributed by atoms with E-state index in [0.29, 0.717) is 0 Å². The number of hydrogen-bond donors (Lipinski definition) is 1. The predicted molar refractivity (Wildman–Crippen MR) is 93.5 cm³/mol. The molecule has 1 aliphatic rings. The summed E-state index contributed by atoms with van der Waals surface area (Å²) in [6, 6.07) is 9.23. The minimum Gasteiger partial charge on any atom is -0.324 e. The first kappa shape index (κ1) is 16.9. The van der Waals surface area contributed by atoms with Gasteiger partial charge in [-0.1, -0.05) is 35.0 Å². The van der Waals surface area contributed by atoms with E-state index in [1.807, 2.05) is 0 Å². The normalized spacial score (nSPS) is 21.1. The highest BCUT2D eigenvalue weighted by Crippen LogP contribution is 2.20. The van der Waals surface area contributed by atoms with Crippen LogP contribution in [0.3, 0.4) is 0 Å². The number of rotatable bonds is 7. The summed E-state index contributed by atoms with van der Waals surface area (Å²) in [5, 5.41) is 0. The van der Waals surface area contributed by atoms with Crippen molar-refractivity contribution in [2.24, 2.45) is 5.73 Å². The summed E-state index contributed by atoms with van der Waals surface area (Å²) < 4.78 is 1.11. The van der Waals surface area contributed by atoms with E-state index in [2.05, 4.69) is 64.0 Å². The van der Waals surface area contributed by atoms with Crippen LogP contribution in [0.25, 0.3) is 0 Å². The van der Waals surface area contributed by atoms with Gasteiger partial charge in [0.25, 0.3) is 0 Å². The zero-order chi connectivity index (χ0) is 15.2. The second-order valence-electron chi connectivity index (χ2n) is 6.13. The molecule has 3 nitrogen and oxygen atoms in total. The number of likely N-dealkylation sites (tertiary alicyclic amines) is 1. The zero-order valence-corrected chi connectivity index (χ0v) is 14.8. The Balaban J connectivity index is 1.75. The monoisotopic (exact) mass is 353 g/mol. The topological polar surface area (TPSA) is 32.5 Å². The Hall–Kier alpha value is -0.420. The molecule has 0 saturated carbocycles. The van der Waals surface area contributed by atoms with Crippen LogP contribution < -0.4 is 5.73 Å². The molecule has 1 fully saturated rings. The lowest BCUT2D eigenvalue weighted by Gasteiger charge is -2.28. The van der Waals surface area contributed by atoms with Gasteiger partial charge in [-0.05, 0) is 63.6 Å². The molecule has 0 spiro atoms. The van der Waals surface area contributed by atoms with Gasteiger partial charge in [-0.15, -0.1) is 0 Å². The van der Waals surface area contributed by atoms with Gasteiger partial charge >= 0.3 is 0 Å². The molecule has 0 aromatic heterocycles. The van der Waals surface area contributed by atoms with Crippen molar-refractivity contribution in [3.8, 4) is 0 Å². The average Bonchev–Trinajstić information content (AvgIpc) is 2.92. The van der Waals surface area contributed by atoms with Gasteiger partial charge in [0.2, 0.25) is 0 Å². The van der Waals surface area contributed by atoms with E-state index in [1.165, 1.54) is 38.0 Å². The Bertz CT molecular complexity index is 421. The van der Waals surface area contributed by atoms with Crippen LogP contribution in [0.1, 0.15) is 37.8 Å². The van der Waals surface area contributed by atoms with Gasteiger partial charge in [-0.25, -0.2) is 0 Å². The molecule has 1 aliphatic heterocycles. The molecule has 1 aromatic carbocycles. The number of likely N-dealkylation sites (N-methyl/N-ethyl adjacent to an activating group) is 2. The quantitative estimate of drug-likeness (QED) is 0.816. The molecular formula is C17H28BrN3. The minimum absolute atomic E-state index is 0.131.